The molecule has 0 heterocycles. The van der Waals surface area contributed by atoms with Gasteiger partial charge in [-0.05, 0) is 60.7 Å². The Balaban J connectivity index is 2.28. The highest BCUT2D eigenvalue weighted by atomic mass is 35.5. The Morgan fingerprint density at radius 2 is 1.04 bits per heavy atom. The molecule has 10 heteroatoms. The second-order valence-corrected chi connectivity index (χ2v) is 10.4. The predicted molar refractivity (Wildman–Crippen MR) is 111 cm³/mol. The van der Waals surface area contributed by atoms with Gasteiger partial charge in [0, 0.05) is 10.0 Å². The largest absolute Gasteiger partial charge is 0.397 e. The van der Waals surface area contributed by atoms with Gasteiger partial charge in [0.05, 0.1) is 21.2 Å². The first-order chi connectivity index (χ1) is 13.1. The van der Waals surface area contributed by atoms with E-state index in [9.17, 15) is 16.8 Å². The summed E-state index contributed by atoms with van der Waals surface area (Å²) in [4.78, 5) is -0.504. The maximum absolute atomic E-state index is 13.3. The van der Waals surface area contributed by atoms with Crippen LogP contribution in [-0.4, -0.2) is 16.8 Å². The molecule has 3 aromatic carbocycles. The van der Waals surface area contributed by atoms with Crippen LogP contribution in [0.1, 0.15) is 0 Å². The number of hydrogen-bond acceptors (Lipinski definition) is 5. The van der Waals surface area contributed by atoms with E-state index in [0.29, 0.717) is 13.8 Å². The van der Waals surface area contributed by atoms with Crippen molar-refractivity contribution in [3.05, 3.63) is 82.8 Å². The fourth-order valence-electron chi connectivity index (χ4n) is 2.45. The lowest BCUT2D eigenvalue weighted by Gasteiger charge is -2.25. The smallest absolute Gasteiger partial charge is 0.277 e. The molecule has 0 atom stereocenters. The van der Waals surface area contributed by atoms with E-state index in [4.69, 9.17) is 28.9 Å². The molecule has 0 bridgehead atoms. The molecule has 0 aliphatic heterocycles. The van der Waals surface area contributed by atoms with Gasteiger partial charge in [-0.3, -0.25) is 0 Å². The zero-order chi connectivity index (χ0) is 20.5. The Hall–Kier alpha value is -2.26. The van der Waals surface area contributed by atoms with E-state index >= 15 is 0 Å². The average molecular weight is 457 g/mol. The first-order valence-corrected chi connectivity index (χ1v) is 11.4. The zero-order valence-electron chi connectivity index (χ0n) is 14.2. The topological polar surface area (TPSA) is 97.5 Å². The van der Waals surface area contributed by atoms with E-state index in [-0.39, 0.29) is 21.2 Å². The Bertz CT molecular complexity index is 1140. The molecule has 0 amide bonds. The van der Waals surface area contributed by atoms with Crippen molar-refractivity contribution < 1.29 is 16.8 Å². The van der Waals surface area contributed by atoms with Gasteiger partial charge in [-0.25, -0.2) is 16.8 Å². The van der Waals surface area contributed by atoms with Crippen LogP contribution in [0.3, 0.4) is 0 Å². The first kappa shape index (κ1) is 20.5. The van der Waals surface area contributed by atoms with Crippen LogP contribution >= 0.6 is 23.2 Å². The van der Waals surface area contributed by atoms with Crippen molar-refractivity contribution >= 4 is 54.6 Å². The summed E-state index contributed by atoms with van der Waals surface area (Å²) in [5, 5.41) is 0.621. The Labute approximate surface area is 173 Å². The Morgan fingerprint density at radius 3 is 1.43 bits per heavy atom. The minimum Gasteiger partial charge on any atom is -0.397 e. The van der Waals surface area contributed by atoms with Crippen molar-refractivity contribution in [1.29, 1.82) is 0 Å². The SMILES string of the molecule is Nc1ccccc1N(S(=O)(=O)c1ccc(Cl)cc1)S(=O)(=O)c1ccc(Cl)cc1. The van der Waals surface area contributed by atoms with E-state index in [0.717, 1.165) is 0 Å². The van der Waals surface area contributed by atoms with Gasteiger partial charge in [-0.2, -0.15) is 3.71 Å². The van der Waals surface area contributed by atoms with E-state index in [1.54, 1.807) is 6.07 Å². The number of nitrogen functional groups attached to an aromatic ring is 1. The number of benzene rings is 3. The van der Waals surface area contributed by atoms with Crippen molar-refractivity contribution in [1.82, 2.24) is 0 Å². The van der Waals surface area contributed by atoms with E-state index < -0.39 is 20.0 Å². The highest BCUT2D eigenvalue weighted by Crippen LogP contribution is 2.34. The van der Waals surface area contributed by atoms with Crippen LogP contribution in [0.4, 0.5) is 11.4 Å². The average Bonchev–Trinajstić information content (AvgIpc) is 2.64. The third kappa shape index (κ3) is 3.81. The van der Waals surface area contributed by atoms with Crippen LogP contribution in [0, 0.1) is 0 Å². The van der Waals surface area contributed by atoms with Crippen LogP contribution in [0.5, 0.6) is 0 Å². The van der Waals surface area contributed by atoms with Crippen molar-refractivity contribution in [2.24, 2.45) is 0 Å². The Kier molecular flexibility index (Phi) is 5.58. The third-order valence-corrected chi connectivity index (χ3v) is 8.48. The van der Waals surface area contributed by atoms with Crippen LogP contribution < -0.4 is 9.44 Å². The molecular weight excluding hydrogens is 443 g/mol. The number of anilines is 2. The standard InChI is InChI=1S/C18H14Cl2N2O4S2/c19-13-5-9-15(10-6-13)27(23,24)22(18-4-2-1-3-17(18)21)28(25,26)16-11-7-14(20)8-12-16/h1-12H,21H2. The summed E-state index contributed by atoms with van der Waals surface area (Å²) in [6, 6.07) is 16.1. The summed E-state index contributed by atoms with van der Waals surface area (Å²) >= 11 is 11.6. The van der Waals surface area contributed by atoms with Gasteiger partial charge >= 0.3 is 0 Å². The van der Waals surface area contributed by atoms with Crippen molar-refractivity contribution in [3.63, 3.8) is 0 Å². The lowest BCUT2D eigenvalue weighted by Crippen LogP contribution is -2.37. The van der Waals surface area contributed by atoms with Gasteiger partial charge in [0.25, 0.3) is 20.0 Å². The van der Waals surface area contributed by atoms with Gasteiger partial charge in [0.1, 0.15) is 0 Å². The molecular formula is C18H14Cl2N2O4S2. The third-order valence-electron chi connectivity index (χ3n) is 3.79. The summed E-state index contributed by atoms with van der Waals surface area (Å²) < 4.78 is 53.5. The maximum atomic E-state index is 13.3. The van der Waals surface area contributed by atoms with Crippen LogP contribution in [0.2, 0.25) is 10.0 Å². The highest BCUT2D eigenvalue weighted by molar-refractivity contribution is 8.10. The number of sulfonamides is 2. The zero-order valence-corrected chi connectivity index (χ0v) is 17.3. The lowest BCUT2D eigenvalue weighted by molar-refractivity contribution is 0.584. The second kappa shape index (κ2) is 7.63. The molecule has 0 saturated heterocycles. The first-order valence-electron chi connectivity index (χ1n) is 7.80. The van der Waals surface area contributed by atoms with Crippen molar-refractivity contribution in [2.45, 2.75) is 9.79 Å². The molecule has 0 aromatic heterocycles. The van der Waals surface area contributed by atoms with Gasteiger partial charge < -0.3 is 5.73 Å². The molecule has 28 heavy (non-hydrogen) atoms. The molecule has 6 nitrogen and oxygen atoms in total. The van der Waals surface area contributed by atoms with E-state index in [2.05, 4.69) is 0 Å². The molecule has 0 unspecified atom stereocenters. The summed E-state index contributed by atoms with van der Waals surface area (Å²) in [5.74, 6) is 0. The summed E-state index contributed by atoms with van der Waals surface area (Å²) in [7, 11) is -9.07. The monoisotopic (exact) mass is 456 g/mol. The molecule has 0 fully saturated rings. The fraction of sp³-hybridized carbons (Fsp3) is 0. The number of hydrogen-bond donors (Lipinski definition) is 1. The summed E-state index contributed by atoms with van der Waals surface area (Å²) in [6.45, 7) is 0. The highest BCUT2D eigenvalue weighted by Gasteiger charge is 2.38. The normalized spacial score (nSPS) is 11.9. The molecule has 0 radical (unpaired) electrons. The van der Waals surface area contributed by atoms with Crippen LogP contribution in [0.25, 0.3) is 0 Å². The summed E-state index contributed by atoms with van der Waals surface area (Å²) in [6.07, 6.45) is 0. The Morgan fingerprint density at radius 1 is 0.643 bits per heavy atom. The van der Waals surface area contributed by atoms with Gasteiger partial charge in [-0.1, -0.05) is 35.3 Å². The van der Waals surface area contributed by atoms with E-state index in [1.165, 1.54) is 66.7 Å². The quantitative estimate of drug-likeness (QED) is 0.581. The van der Waals surface area contributed by atoms with Gasteiger partial charge in [-0.15, -0.1) is 0 Å². The lowest BCUT2D eigenvalue weighted by atomic mass is 10.3. The van der Waals surface area contributed by atoms with Gasteiger partial charge in [0.15, 0.2) is 0 Å². The molecule has 0 spiro atoms. The number of halogens is 2. The number of para-hydroxylation sites is 2. The number of nitrogens with zero attached hydrogens (tertiary/aromatic N) is 1. The van der Waals surface area contributed by atoms with Gasteiger partial charge in [0.2, 0.25) is 0 Å². The predicted octanol–water partition coefficient (Wildman–Crippen LogP) is 4.16. The van der Waals surface area contributed by atoms with Crippen LogP contribution in [0.15, 0.2) is 82.6 Å². The number of rotatable bonds is 5. The molecule has 146 valence electrons. The fourth-order valence-corrected chi connectivity index (χ4v) is 6.44. The van der Waals surface area contributed by atoms with Crippen molar-refractivity contribution in [3.8, 4) is 0 Å². The molecule has 2 N–H and O–H groups in total. The minimum absolute atomic E-state index is 0.0161. The molecule has 3 rings (SSSR count). The minimum atomic E-state index is -4.54. The van der Waals surface area contributed by atoms with Crippen LogP contribution in [-0.2, 0) is 20.0 Å². The second-order valence-electron chi connectivity index (χ2n) is 5.67. The molecule has 0 aliphatic carbocycles. The molecule has 3 aromatic rings. The molecule has 0 saturated carbocycles. The number of nitrogens with two attached hydrogens (primary N) is 1. The maximum Gasteiger partial charge on any atom is 0.277 e. The molecule has 0 aliphatic rings. The van der Waals surface area contributed by atoms with E-state index in [1.807, 2.05) is 0 Å². The summed E-state index contributed by atoms with van der Waals surface area (Å²) in [5.41, 5.74) is 5.70. The van der Waals surface area contributed by atoms with Crippen molar-refractivity contribution in [2.75, 3.05) is 9.44 Å².